The Bertz CT molecular complexity index is 307. The van der Waals surface area contributed by atoms with E-state index in [0.717, 1.165) is 0 Å². The van der Waals surface area contributed by atoms with E-state index in [9.17, 15) is 9.59 Å². The van der Waals surface area contributed by atoms with Gasteiger partial charge in [-0.3, -0.25) is 4.79 Å². The summed E-state index contributed by atoms with van der Waals surface area (Å²) in [6.07, 6.45) is -0.0954. The summed E-state index contributed by atoms with van der Waals surface area (Å²) in [6, 6.07) is 0. The quantitative estimate of drug-likeness (QED) is 0.717. The molecule has 0 aliphatic heterocycles. The van der Waals surface area contributed by atoms with E-state index in [1.54, 1.807) is 20.8 Å². The summed E-state index contributed by atoms with van der Waals surface area (Å²) in [6.45, 7) is 8.97. The lowest BCUT2D eigenvalue weighted by Crippen LogP contribution is -2.36. The van der Waals surface area contributed by atoms with E-state index in [1.165, 1.54) is 0 Å². The van der Waals surface area contributed by atoms with Crippen molar-refractivity contribution in [3.63, 3.8) is 0 Å². The first kappa shape index (κ1) is 17.7. The zero-order chi connectivity index (χ0) is 15.1. The van der Waals surface area contributed by atoms with Crippen molar-refractivity contribution in [2.24, 2.45) is 5.41 Å². The average Bonchev–Trinajstić information content (AvgIpc) is 2.24. The number of carbonyl (C=O) groups is 2. The number of aliphatic hydroxyl groups is 1. The van der Waals surface area contributed by atoms with E-state index < -0.39 is 17.7 Å². The van der Waals surface area contributed by atoms with Gasteiger partial charge in [-0.2, -0.15) is 0 Å². The molecule has 1 amide bonds. The second-order valence-electron chi connectivity index (χ2n) is 6.15. The molecule has 0 rings (SSSR count). The molecule has 0 spiro atoms. The predicted octanol–water partition coefficient (Wildman–Crippen LogP) is 1.46. The summed E-state index contributed by atoms with van der Waals surface area (Å²) in [5.41, 5.74) is -0.877. The number of alkyl carbamates (subject to hydrolysis) is 1. The average molecular weight is 275 g/mol. The number of esters is 1. The minimum atomic E-state index is -0.653. The highest BCUT2D eigenvalue weighted by Crippen LogP contribution is 2.18. The summed E-state index contributed by atoms with van der Waals surface area (Å²) in [4.78, 5) is 22.6. The van der Waals surface area contributed by atoms with Crippen LogP contribution in [0.1, 0.15) is 41.0 Å². The first-order valence-corrected chi connectivity index (χ1v) is 6.29. The molecular formula is C13H25NO5. The summed E-state index contributed by atoms with van der Waals surface area (Å²) >= 11 is 0. The highest BCUT2D eigenvalue weighted by atomic mass is 16.6. The topological polar surface area (TPSA) is 84.9 Å². The molecule has 0 saturated heterocycles. The number of hydrogen-bond donors (Lipinski definition) is 2. The largest absolute Gasteiger partial charge is 0.464 e. The van der Waals surface area contributed by atoms with E-state index in [2.05, 4.69) is 5.32 Å². The summed E-state index contributed by atoms with van der Waals surface area (Å²) < 4.78 is 9.91. The fourth-order valence-electron chi connectivity index (χ4n) is 1.03. The number of aliphatic hydroxyl groups excluding tert-OH is 1. The van der Waals surface area contributed by atoms with Crippen LogP contribution in [-0.2, 0) is 14.3 Å². The normalized spacial score (nSPS) is 11.9. The van der Waals surface area contributed by atoms with Crippen LogP contribution in [0.15, 0.2) is 0 Å². The summed E-state index contributed by atoms with van der Waals surface area (Å²) in [5, 5.41) is 11.3. The Labute approximate surface area is 114 Å². The van der Waals surface area contributed by atoms with Gasteiger partial charge in [0.25, 0.3) is 0 Å². The molecule has 112 valence electrons. The van der Waals surface area contributed by atoms with E-state index >= 15 is 0 Å². The van der Waals surface area contributed by atoms with Crippen LogP contribution in [0.2, 0.25) is 0 Å². The third-order valence-electron chi connectivity index (χ3n) is 2.25. The maximum absolute atomic E-state index is 11.3. The monoisotopic (exact) mass is 275 g/mol. The second-order valence-corrected chi connectivity index (χ2v) is 6.15. The molecule has 19 heavy (non-hydrogen) atoms. The molecule has 0 heterocycles. The maximum atomic E-state index is 11.3. The van der Waals surface area contributed by atoms with Gasteiger partial charge >= 0.3 is 12.1 Å². The van der Waals surface area contributed by atoms with Crippen molar-refractivity contribution >= 4 is 12.1 Å². The Morgan fingerprint density at radius 1 is 1.16 bits per heavy atom. The number of hydrogen-bond acceptors (Lipinski definition) is 5. The van der Waals surface area contributed by atoms with Crippen LogP contribution >= 0.6 is 0 Å². The Kier molecular flexibility index (Phi) is 6.83. The summed E-state index contributed by atoms with van der Waals surface area (Å²) in [5.74, 6) is -0.528. The number of carbonyl (C=O) groups excluding carboxylic acids is 2. The number of rotatable bonds is 6. The lowest BCUT2D eigenvalue weighted by molar-refractivity contribution is -0.143. The van der Waals surface area contributed by atoms with Gasteiger partial charge in [0.2, 0.25) is 0 Å². The van der Waals surface area contributed by atoms with Crippen LogP contribution in [0.25, 0.3) is 0 Å². The van der Waals surface area contributed by atoms with Crippen molar-refractivity contribution in [3.8, 4) is 0 Å². The summed E-state index contributed by atoms with van der Waals surface area (Å²) in [7, 11) is 0. The van der Waals surface area contributed by atoms with Crippen molar-refractivity contribution in [2.45, 2.75) is 46.6 Å². The molecule has 0 radical (unpaired) electrons. The fraction of sp³-hybridized carbons (Fsp3) is 0.846. The number of ether oxygens (including phenoxy) is 2. The van der Waals surface area contributed by atoms with Crippen LogP contribution < -0.4 is 5.32 Å². The third-order valence-corrected chi connectivity index (χ3v) is 2.25. The molecule has 0 aromatic rings. The van der Waals surface area contributed by atoms with Crippen LogP contribution in [0.5, 0.6) is 0 Å². The number of nitrogens with one attached hydrogen (secondary N) is 1. The molecule has 0 fully saturated rings. The molecule has 0 aliphatic rings. The Balaban J connectivity index is 3.80. The second kappa shape index (κ2) is 7.33. The highest BCUT2D eigenvalue weighted by molar-refractivity contribution is 5.77. The molecule has 2 N–H and O–H groups in total. The van der Waals surface area contributed by atoms with Gasteiger partial charge in [-0.05, 0) is 32.6 Å². The lowest BCUT2D eigenvalue weighted by atomic mass is 9.91. The SMILES string of the molecule is CC(C)(CO)CCOC(=O)CNC(=O)OC(C)(C)C. The van der Waals surface area contributed by atoms with Gasteiger partial charge < -0.3 is 19.9 Å². The molecule has 6 nitrogen and oxygen atoms in total. The van der Waals surface area contributed by atoms with Gasteiger partial charge in [-0.25, -0.2) is 4.79 Å². The molecule has 0 atom stereocenters. The fourth-order valence-corrected chi connectivity index (χ4v) is 1.03. The highest BCUT2D eigenvalue weighted by Gasteiger charge is 2.18. The van der Waals surface area contributed by atoms with Crippen molar-refractivity contribution < 1.29 is 24.2 Å². The molecule has 0 bridgehead atoms. The lowest BCUT2D eigenvalue weighted by Gasteiger charge is -2.21. The van der Waals surface area contributed by atoms with E-state index in [1.807, 2.05) is 13.8 Å². The van der Waals surface area contributed by atoms with Crippen LogP contribution in [0, 0.1) is 5.41 Å². The standard InChI is InChI=1S/C13H25NO5/c1-12(2,3)19-11(17)14-8-10(16)18-7-6-13(4,5)9-15/h15H,6-9H2,1-5H3,(H,14,17). The Hall–Kier alpha value is -1.30. The zero-order valence-corrected chi connectivity index (χ0v) is 12.4. The van der Waals surface area contributed by atoms with Gasteiger partial charge in [0.15, 0.2) is 0 Å². The first-order chi connectivity index (χ1) is 8.56. The Morgan fingerprint density at radius 3 is 2.21 bits per heavy atom. The number of amides is 1. The molecular weight excluding hydrogens is 250 g/mol. The first-order valence-electron chi connectivity index (χ1n) is 6.29. The van der Waals surface area contributed by atoms with Crippen molar-refractivity contribution in [2.75, 3.05) is 19.8 Å². The van der Waals surface area contributed by atoms with Crippen molar-refractivity contribution in [1.29, 1.82) is 0 Å². The van der Waals surface area contributed by atoms with Gasteiger partial charge in [0, 0.05) is 6.61 Å². The van der Waals surface area contributed by atoms with Gasteiger partial charge in [0.1, 0.15) is 12.1 Å². The molecule has 6 heteroatoms. The van der Waals surface area contributed by atoms with Crippen LogP contribution in [-0.4, -0.2) is 42.5 Å². The van der Waals surface area contributed by atoms with Gasteiger partial charge in [-0.15, -0.1) is 0 Å². The Morgan fingerprint density at radius 2 is 1.74 bits per heavy atom. The smallest absolute Gasteiger partial charge is 0.408 e. The van der Waals surface area contributed by atoms with Gasteiger partial charge in [0.05, 0.1) is 6.61 Å². The third kappa shape index (κ3) is 10.3. The zero-order valence-electron chi connectivity index (χ0n) is 12.4. The molecule has 0 unspecified atom stereocenters. The van der Waals surface area contributed by atoms with Gasteiger partial charge in [-0.1, -0.05) is 13.8 Å². The predicted molar refractivity (Wildman–Crippen MR) is 70.7 cm³/mol. The minimum Gasteiger partial charge on any atom is -0.464 e. The molecule has 0 saturated carbocycles. The molecule has 0 aliphatic carbocycles. The van der Waals surface area contributed by atoms with Crippen molar-refractivity contribution in [3.05, 3.63) is 0 Å². The van der Waals surface area contributed by atoms with E-state index in [4.69, 9.17) is 14.6 Å². The van der Waals surface area contributed by atoms with Crippen LogP contribution in [0.4, 0.5) is 4.79 Å². The maximum Gasteiger partial charge on any atom is 0.408 e. The molecule has 0 aromatic carbocycles. The van der Waals surface area contributed by atoms with Crippen molar-refractivity contribution in [1.82, 2.24) is 5.32 Å². The molecule has 0 aromatic heterocycles. The minimum absolute atomic E-state index is 0.0285. The van der Waals surface area contributed by atoms with E-state index in [-0.39, 0.29) is 25.2 Å². The van der Waals surface area contributed by atoms with E-state index in [0.29, 0.717) is 6.42 Å². The van der Waals surface area contributed by atoms with Crippen LogP contribution in [0.3, 0.4) is 0 Å².